The number of esters is 1. The number of nitrogens with zero attached hydrogens (tertiary/aromatic N) is 3. The fourth-order valence-electron chi connectivity index (χ4n) is 5.66. The van der Waals surface area contributed by atoms with Crippen molar-refractivity contribution >= 4 is 52.9 Å². The predicted octanol–water partition coefficient (Wildman–Crippen LogP) is 3.51. The first kappa shape index (κ1) is 39.0. The van der Waals surface area contributed by atoms with Gasteiger partial charge in [-0.05, 0) is 74.1 Å². The van der Waals surface area contributed by atoms with E-state index in [1.807, 2.05) is 12.1 Å². The third-order valence-corrected chi connectivity index (χ3v) is 8.89. The molecule has 2 aromatic carbocycles. The summed E-state index contributed by atoms with van der Waals surface area (Å²) in [5, 5.41) is 24.1. The molecule has 3 atom stereocenters. The lowest BCUT2D eigenvalue weighted by molar-refractivity contribution is -0.154. The molecule has 284 valence electrons. The molecule has 15 nitrogen and oxygen atoms in total. The van der Waals surface area contributed by atoms with Crippen molar-refractivity contribution < 1.29 is 46.9 Å². The molecule has 0 saturated heterocycles. The van der Waals surface area contributed by atoms with E-state index in [1.165, 1.54) is 24.3 Å². The van der Waals surface area contributed by atoms with Crippen LogP contribution in [0, 0.1) is 0 Å². The lowest BCUT2D eigenvalue weighted by Crippen LogP contribution is -2.51. The monoisotopic (exact) mass is 762 g/mol. The Morgan fingerprint density at radius 2 is 1.64 bits per heavy atom. The summed E-state index contributed by atoms with van der Waals surface area (Å²) < 4.78 is 48.4. The Labute approximate surface area is 306 Å². The van der Waals surface area contributed by atoms with Gasteiger partial charge in [0.1, 0.15) is 6.04 Å². The van der Waals surface area contributed by atoms with Crippen LogP contribution in [0.1, 0.15) is 60.9 Å². The van der Waals surface area contributed by atoms with Crippen molar-refractivity contribution in [3.63, 3.8) is 0 Å². The van der Waals surface area contributed by atoms with Crippen LogP contribution in [0.2, 0.25) is 5.02 Å². The third kappa shape index (κ3) is 11.1. The topological polar surface area (TPSA) is 206 Å². The molecule has 2 aliphatic rings. The van der Waals surface area contributed by atoms with Crippen LogP contribution in [0.5, 0.6) is 6.01 Å². The highest BCUT2D eigenvalue weighted by Crippen LogP contribution is 2.48. The summed E-state index contributed by atoms with van der Waals surface area (Å²) in [6, 6.07) is 10.6. The number of methoxy groups -OCH3 is 1. The molecule has 0 bridgehead atoms. The number of hydrogen-bond acceptors (Lipinski definition) is 12. The van der Waals surface area contributed by atoms with E-state index in [2.05, 4.69) is 41.5 Å². The molecule has 0 radical (unpaired) electrons. The summed E-state index contributed by atoms with van der Waals surface area (Å²) in [4.78, 5) is 62.4. The van der Waals surface area contributed by atoms with Crippen LogP contribution in [0.4, 0.5) is 30.8 Å². The maximum Gasteiger partial charge on any atom is 0.422 e. The zero-order valence-corrected chi connectivity index (χ0v) is 29.2. The van der Waals surface area contributed by atoms with Gasteiger partial charge in [-0.2, -0.15) is 28.1 Å². The zero-order valence-electron chi connectivity index (χ0n) is 28.5. The SMILES string of the molecule is COC(=O)[C@H](CCNC(=O)C(=O)NC1CCCCC1O)NC(=O)c1ccc(Nc2nc(NC3(c4ccc(Cl)cc4)CC3)nc(OCC(F)(F)F)n2)cc1. The zero-order chi connectivity index (χ0) is 38.2. The van der Waals surface area contributed by atoms with E-state index in [1.54, 1.807) is 12.1 Å². The summed E-state index contributed by atoms with van der Waals surface area (Å²) in [5.41, 5.74) is 0.817. The number of ether oxygens (including phenoxy) is 2. The highest BCUT2D eigenvalue weighted by molar-refractivity contribution is 6.35. The fraction of sp³-hybridized carbons (Fsp3) is 0.441. The number of anilines is 3. The fourth-order valence-corrected chi connectivity index (χ4v) is 5.79. The van der Waals surface area contributed by atoms with Crippen molar-refractivity contribution in [1.82, 2.24) is 30.9 Å². The first-order valence-electron chi connectivity index (χ1n) is 16.8. The van der Waals surface area contributed by atoms with Crippen LogP contribution in [0.25, 0.3) is 0 Å². The van der Waals surface area contributed by atoms with E-state index in [9.17, 15) is 37.5 Å². The number of halogens is 4. The van der Waals surface area contributed by atoms with E-state index < -0.39 is 66.2 Å². The van der Waals surface area contributed by atoms with Gasteiger partial charge in [0.2, 0.25) is 11.9 Å². The average molecular weight is 763 g/mol. The summed E-state index contributed by atoms with van der Waals surface area (Å²) >= 11 is 6.02. The van der Waals surface area contributed by atoms with Crippen molar-refractivity contribution in [2.75, 3.05) is 30.9 Å². The van der Waals surface area contributed by atoms with E-state index >= 15 is 0 Å². The second kappa shape index (κ2) is 17.1. The number of hydrogen-bond donors (Lipinski definition) is 6. The van der Waals surface area contributed by atoms with Gasteiger partial charge < -0.3 is 41.2 Å². The number of carbonyl (C=O) groups excluding carboxylic acids is 4. The van der Waals surface area contributed by atoms with Crippen LogP contribution in [0.15, 0.2) is 48.5 Å². The Morgan fingerprint density at radius 1 is 0.962 bits per heavy atom. The van der Waals surface area contributed by atoms with E-state index in [0.717, 1.165) is 25.5 Å². The minimum absolute atomic E-state index is 0.0307. The van der Waals surface area contributed by atoms with Gasteiger partial charge in [0.15, 0.2) is 6.61 Å². The number of aliphatic hydroxyl groups is 1. The van der Waals surface area contributed by atoms with Crippen molar-refractivity contribution in [2.24, 2.45) is 0 Å². The molecule has 3 aromatic rings. The molecule has 0 aliphatic heterocycles. The van der Waals surface area contributed by atoms with Gasteiger partial charge in [-0.25, -0.2) is 4.79 Å². The Kier molecular flexibility index (Phi) is 12.6. The van der Waals surface area contributed by atoms with E-state index in [4.69, 9.17) is 21.1 Å². The summed E-state index contributed by atoms with van der Waals surface area (Å²) in [6.07, 6.45) is -1.32. The van der Waals surface area contributed by atoms with Crippen LogP contribution in [-0.4, -0.2) is 88.4 Å². The van der Waals surface area contributed by atoms with Gasteiger partial charge in [-0.3, -0.25) is 14.4 Å². The van der Waals surface area contributed by atoms with Gasteiger partial charge in [-0.1, -0.05) is 36.6 Å². The molecule has 5 rings (SSSR count). The van der Waals surface area contributed by atoms with Gasteiger partial charge in [0.05, 0.1) is 24.8 Å². The molecular formula is C34H38ClF3N8O7. The molecule has 2 saturated carbocycles. The normalized spacial score (nSPS) is 18.2. The summed E-state index contributed by atoms with van der Waals surface area (Å²) in [5.74, 6) is -3.48. The average Bonchev–Trinajstić information content (AvgIpc) is 3.91. The molecule has 1 aromatic heterocycles. The Bertz CT molecular complexity index is 1780. The van der Waals surface area contributed by atoms with Crippen molar-refractivity contribution in [3.05, 3.63) is 64.7 Å². The number of aromatic nitrogens is 3. The number of nitrogens with one attached hydrogen (secondary N) is 5. The minimum Gasteiger partial charge on any atom is -0.467 e. The summed E-state index contributed by atoms with van der Waals surface area (Å²) in [6.45, 7) is -1.78. The summed E-state index contributed by atoms with van der Waals surface area (Å²) in [7, 11) is 1.13. The largest absolute Gasteiger partial charge is 0.467 e. The highest BCUT2D eigenvalue weighted by Gasteiger charge is 2.45. The molecule has 1 heterocycles. The highest BCUT2D eigenvalue weighted by atomic mass is 35.5. The standard InChI is InChI=1S/C34H38ClF3N8O7/c1-52-29(51)24(14-17-39-27(49)28(50)41-23-4-2-3-5-25(23)47)42-26(48)19-6-12-22(13-7-19)40-30-43-31(45-32(44-30)53-18-34(36,37)38)46-33(15-16-33)20-8-10-21(35)11-9-20/h6-13,23-25,47H,2-5,14-18H2,1H3,(H,39,49)(H,41,50)(H,42,48)(H2,40,43,44,45,46)/t23?,24-,25?/m0/s1. The number of alkyl halides is 3. The van der Waals surface area contributed by atoms with Gasteiger partial charge >= 0.3 is 30.0 Å². The van der Waals surface area contributed by atoms with Crippen molar-refractivity contribution in [3.8, 4) is 6.01 Å². The van der Waals surface area contributed by atoms with Crippen molar-refractivity contribution in [2.45, 2.75) is 74.8 Å². The van der Waals surface area contributed by atoms with E-state index in [0.29, 0.717) is 36.4 Å². The Balaban J connectivity index is 1.20. The van der Waals surface area contributed by atoms with Gasteiger partial charge in [0.25, 0.3) is 5.91 Å². The number of benzene rings is 2. The van der Waals surface area contributed by atoms with Crippen LogP contribution >= 0.6 is 11.6 Å². The molecule has 19 heteroatoms. The number of aliphatic hydroxyl groups excluding tert-OH is 1. The molecule has 3 amide bonds. The van der Waals surface area contributed by atoms with Gasteiger partial charge in [0, 0.05) is 22.8 Å². The molecule has 53 heavy (non-hydrogen) atoms. The maximum atomic E-state index is 13.0. The number of rotatable bonds is 14. The second-order valence-corrected chi connectivity index (χ2v) is 13.0. The minimum atomic E-state index is -4.64. The van der Waals surface area contributed by atoms with Gasteiger partial charge in [-0.15, -0.1) is 0 Å². The maximum absolute atomic E-state index is 13.0. The van der Waals surface area contributed by atoms with Crippen molar-refractivity contribution in [1.29, 1.82) is 0 Å². The first-order valence-corrected chi connectivity index (χ1v) is 17.1. The lowest BCUT2D eigenvalue weighted by atomic mass is 9.92. The third-order valence-electron chi connectivity index (χ3n) is 8.64. The molecule has 2 fully saturated rings. The first-order chi connectivity index (χ1) is 25.2. The Morgan fingerprint density at radius 3 is 2.28 bits per heavy atom. The molecule has 0 spiro atoms. The predicted molar refractivity (Wildman–Crippen MR) is 184 cm³/mol. The van der Waals surface area contributed by atoms with E-state index in [-0.39, 0.29) is 30.4 Å². The number of carbonyl (C=O) groups is 4. The quantitative estimate of drug-likeness (QED) is 0.103. The molecule has 6 N–H and O–H groups in total. The van der Waals surface area contributed by atoms with Crippen LogP contribution < -0.4 is 31.3 Å². The molecule has 2 aliphatic carbocycles. The smallest absolute Gasteiger partial charge is 0.422 e. The number of amides is 3. The second-order valence-electron chi connectivity index (χ2n) is 12.6. The molecular weight excluding hydrogens is 725 g/mol. The Hall–Kier alpha value is -5.23. The molecule has 2 unspecified atom stereocenters. The van der Waals surface area contributed by atoms with Crippen LogP contribution in [-0.2, 0) is 24.7 Å². The van der Waals surface area contributed by atoms with Crippen LogP contribution in [0.3, 0.4) is 0 Å². The lowest BCUT2D eigenvalue weighted by Gasteiger charge is -2.28.